The fraction of sp³-hybridized carbons (Fsp3) is 0.0638. The molecule has 0 aliphatic rings. The number of fused-ring (bicyclic) bond motifs is 1. The van der Waals surface area contributed by atoms with Gasteiger partial charge in [0.2, 0.25) is 0 Å². The number of anilines is 1. The first-order chi connectivity index (χ1) is 24.4. The second kappa shape index (κ2) is 17.2. The van der Waals surface area contributed by atoms with Crippen molar-refractivity contribution < 1.29 is 0 Å². The van der Waals surface area contributed by atoms with E-state index in [1.807, 2.05) is 105 Å². The van der Waals surface area contributed by atoms with E-state index in [0.29, 0.717) is 5.71 Å². The summed E-state index contributed by atoms with van der Waals surface area (Å²) in [5.74, 6) is 0. The van der Waals surface area contributed by atoms with Crippen LogP contribution in [-0.4, -0.2) is 12.4 Å². The van der Waals surface area contributed by atoms with Gasteiger partial charge in [0.1, 0.15) is 0 Å². The van der Waals surface area contributed by atoms with Crippen molar-refractivity contribution in [3.8, 4) is 22.3 Å². The molecule has 50 heavy (non-hydrogen) atoms. The smallest absolute Gasteiger partial charge is 0.0772 e. The Balaban J connectivity index is 0.000000181. The minimum absolute atomic E-state index is 0.575. The Bertz CT molecular complexity index is 2130. The van der Waals surface area contributed by atoms with Crippen LogP contribution in [-0.2, 0) is 0 Å². The molecule has 7 rings (SSSR count). The Morgan fingerprint density at radius 1 is 0.580 bits per heavy atom. The summed E-state index contributed by atoms with van der Waals surface area (Å²) >= 11 is 0. The van der Waals surface area contributed by atoms with Gasteiger partial charge in [-0.25, -0.2) is 0 Å². The number of nitrogens with zero attached hydrogens (tertiary/aromatic N) is 1. The highest BCUT2D eigenvalue weighted by Crippen LogP contribution is 2.35. The largest absolute Gasteiger partial charge is 0.399 e. The molecule has 0 spiro atoms. The molecule has 0 aliphatic heterocycles. The lowest BCUT2D eigenvalue weighted by molar-refractivity contribution is 1.46. The van der Waals surface area contributed by atoms with Crippen molar-refractivity contribution in [1.29, 1.82) is 5.41 Å². The normalized spacial score (nSPS) is 10.5. The summed E-state index contributed by atoms with van der Waals surface area (Å²) in [4.78, 5) is 4.29. The highest BCUT2D eigenvalue weighted by Gasteiger charge is 2.08. The van der Waals surface area contributed by atoms with E-state index in [2.05, 4.69) is 104 Å². The SMILES string of the molecule is C=Nc1c(/C=C\C)cccc1-c1ccc(-c2ccc3ccc(C)cc3c2)cc1.Cc1ccc(N)cc1.N=C(c1ccccc1)c1ccccc1. The number of allylic oxidation sites excluding steroid dienone is 1. The van der Waals surface area contributed by atoms with Crippen molar-refractivity contribution in [3.05, 3.63) is 198 Å². The average molecular weight is 650 g/mol. The summed E-state index contributed by atoms with van der Waals surface area (Å²) in [6.07, 6.45) is 4.09. The number of aryl methyl sites for hydroxylation is 2. The van der Waals surface area contributed by atoms with Gasteiger partial charge in [-0.3, -0.25) is 10.4 Å². The molecule has 0 aromatic heterocycles. The van der Waals surface area contributed by atoms with E-state index < -0.39 is 0 Å². The number of benzene rings is 7. The van der Waals surface area contributed by atoms with Gasteiger partial charge in [0, 0.05) is 16.8 Å². The molecule has 3 N–H and O–H groups in total. The van der Waals surface area contributed by atoms with Crippen LogP contribution in [0.15, 0.2) is 175 Å². The van der Waals surface area contributed by atoms with Crippen LogP contribution >= 0.6 is 0 Å². The van der Waals surface area contributed by atoms with Crippen molar-refractivity contribution >= 4 is 40.7 Å². The number of nitrogens with two attached hydrogens (primary N) is 1. The van der Waals surface area contributed by atoms with Crippen molar-refractivity contribution in [2.75, 3.05) is 5.73 Å². The van der Waals surface area contributed by atoms with Crippen LogP contribution in [0, 0.1) is 19.3 Å². The van der Waals surface area contributed by atoms with E-state index in [1.165, 1.54) is 33.0 Å². The first kappa shape index (κ1) is 35.0. The fourth-order valence-corrected chi connectivity index (χ4v) is 5.62. The summed E-state index contributed by atoms with van der Waals surface area (Å²) in [7, 11) is 0. The van der Waals surface area contributed by atoms with Crippen LogP contribution in [0.3, 0.4) is 0 Å². The van der Waals surface area contributed by atoms with Gasteiger partial charge in [-0.1, -0.05) is 169 Å². The zero-order valence-electron chi connectivity index (χ0n) is 29.0. The lowest BCUT2D eigenvalue weighted by atomic mass is 9.96. The fourth-order valence-electron chi connectivity index (χ4n) is 5.62. The molecule has 0 saturated carbocycles. The Labute approximate surface area is 296 Å². The Hall–Kier alpha value is -6.32. The van der Waals surface area contributed by atoms with Gasteiger partial charge in [0.05, 0.1) is 11.4 Å². The third-order valence-corrected chi connectivity index (χ3v) is 8.30. The first-order valence-corrected chi connectivity index (χ1v) is 16.7. The molecule has 0 unspecified atom stereocenters. The Morgan fingerprint density at radius 2 is 1.14 bits per heavy atom. The van der Waals surface area contributed by atoms with E-state index >= 15 is 0 Å². The standard InChI is InChI=1S/C27H23N.C13H11N.C7H9N/c1-4-6-23-7-5-8-26(27(23)28-3)22-14-11-20(12-15-22)24-16-13-21-10-9-19(2)17-25(21)18-24;14-13(11-7-3-1-4-8-11)12-9-5-2-6-10-12;1-6-2-4-7(8)5-3-6/h4-18H,3H2,1-2H3;1-10,14H;2-5H,8H2,1H3/b6-4-;;. The molecule has 0 amide bonds. The lowest BCUT2D eigenvalue weighted by Gasteiger charge is -2.10. The quantitative estimate of drug-likeness (QED) is 0.137. The highest BCUT2D eigenvalue weighted by atomic mass is 14.7. The molecule has 0 radical (unpaired) electrons. The van der Waals surface area contributed by atoms with Gasteiger partial charge in [-0.2, -0.15) is 0 Å². The molecule has 0 fully saturated rings. The van der Waals surface area contributed by atoms with Crippen molar-refractivity contribution in [1.82, 2.24) is 0 Å². The van der Waals surface area contributed by atoms with Gasteiger partial charge in [0.25, 0.3) is 0 Å². The number of hydrogen-bond donors (Lipinski definition) is 2. The molecule has 0 atom stereocenters. The predicted octanol–water partition coefficient (Wildman–Crippen LogP) is 12.5. The molecule has 0 heterocycles. The van der Waals surface area contributed by atoms with Crippen LogP contribution in [0.4, 0.5) is 11.4 Å². The molecule has 7 aromatic rings. The predicted molar refractivity (Wildman–Crippen MR) is 218 cm³/mol. The maximum atomic E-state index is 7.97. The molecule has 0 saturated heterocycles. The number of para-hydroxylation sites is 1. The van der Waals surface area contributed by atoms with E-state index in [1.54, 1.807) is 0 Å². The van der Waals surface area contributed by atoms with Gasteiger partial charge in [-0.05, 0) is 84.3 Å². The van der Waals surface area contributed by atoms with E-state index in [9.17, 15) is 0 Å². The van der Waals surface area contributed by atoms with Gasteiger partial charge in [-0.15, -0.1) is 0 Å². The molecule has 0 bridgehead atoms. The Kier molecular flexibility index (Phi) is 12.0. The summed E-state index contributed by atoms with van der Waals surface area (Å²) in [5.41, 5.74) is 18.0. The van der Waals surface area contributed by atoms with E-state index in [0.717, 1.165) is 39.2 Å². The number of aliphatic imine (C=N–C) groups is 1. The van der Waals surface area contributed by atoms with Crippen LogP contribution in [0.5, 0.6) is 0 Å². The van der Waals surface area contributed by atoms with Crippen molar-refractivity contribution in [2.24, 2.45) is 4.99 Å². The van der Waals surface area contributed by atoms with Crippen LogP contribution in [0.25, 0.3) is 39.1 Å². The van der Waals surface area contributed by atoms with Gasteiger partial charge < -0.3 is 5.73 Å². The number of rotatable bonds is 6. The highest BCUT2D eigenvalue weighted by molar-refractivity contribution is 6.10. The average Bonchev–Trinajstić information content (AvgIpc) is 3.17. The van der Waals surface area contributed by atoms with Gasteiger partial charge in [0.15, 0.2) is 0 Å². The molecular formula is C47H43N3. The summed E-state index contributed by atoms with van der Waals surface area (Å²) < 4.78 is 0. The molecule has 3 nitrogen and oxygen atoms in total. The maximum Gasteiger partial charge on any atom is 0.0772 e. The molecule has 246 valence electrons. The zero-order chi connectivity index (χ0) is 35.3. The second-order valence-corrected chi connectivity index (χ2v) is 12.1. The lowest BCUT2D eigenvalue weighted by Crippen LogP contribution is -1.99. The van der Waals surface area contributed by atoms with Crippen LogP contribution in [0.2, 0.25) is 0 Å². The summed E-state index contributed by atoms with van der Waals surface area (Å²) in [6.45, 7) is 9.96. The molecule has 7 aromatic carbocycles. The third kappa shape index (κ3) is 9.18. The van der Waals surface area contributed by atoms with Crippen LogP contribution in [0.1, 0.15) is 34.7 Å². The zero-order valence-corrected chi connectivity index (χ0v) is 29.0. The van der Waals surface area contributed by atoms with Crippen molar-refractivity contribution in [2.45, 2.75) is 20.8 Å². The minimum atomic E-state index is 0.575. The second-order valence-electron chi connectivity index (χ2n) is 12.1. The first-order valence-electron chi connectivity index (χ1n) is 16.7. The Morgan fingerprint density at radius 3 is 1.72 bits per heavy atom. The third-order valence-electron chi connectivity index (χ3n) is 8.30. The minimum Gasteiger partial charge on any atom is -0.399 e. The number of nitrogens with one attached hydrogen (secondary N) is 1. The number of nitrogen functional groups attached to an aromatic ring is 1. The van der Waals surface area contributed by atoms with E-state index in [4.69, 9.17) is 11.1 Å². The van der Waals surface area contributed by atoms with E-state index in [-0.39, 0.29) is 0 Å². The topological polar surface area (TPSA) is 62.2 Å². The monoisotopic (exact) mass is 649 g/mol. The molecule has 0 aliphatic carbocycles. The number of hydrogen-bond acceptors (Lipinski definition) is 3. The maximum absolute atomic E-state index is 7.97. The summed E-state index contributed by atoms with van der Waals surface area (Å²) in [5, 5.41) is 10.5. The van der Waals surface area contributed by atoms with Crippen LogP contribution < -0.4 is 5.73 Å². The van der Waals surface area contributed by atoms with Gasteiger partial charge >= 0.3 is 0 Å². The van der Waals surface area contributed by atoms with Crippen molar-refractivity contribution in [3.63, 3.8) is 0 Å². The molecular weight excluding hydrogens is 607 g/mol. The summed E-state index contributed by atoms with van der Waals surface area (Å²) in [6, 6.07) is 55.5. The molecule has 3 heteroatoms.